The van der Waals surface area contributed by atoms with Gasteiger partial charge in [0.05, 0.1) is 6.04 Å². The van der Waals surface area contributed by atoms with Crippen molar-refractivity contribution in [2.45, 2.75) is 13.0 Å². The fraction of sp³-hybridized carbons (Fsp3) is 0.333. The van der Waals surface area contributed by atoms with Crippen molar-refractivity contribution in [2.75, 3.05) is 13.2 Å². The van der Waals surface area contributed by atoms with Gasteiger partial charge in [-0.2, -0.15) is 5.06 Å². The van der Waals surface area contributed by atoms with E-state index in [1.165, 1.54) is 5.06 Å². The maximum Gasteiger partial charge on any atom is 0.119 e. The fourth-order valence-electron chi connectivity index (χ4n) is 1.13. The van der Waals surface area contributed by atoms with E-state index in [0.717, 1.165) is 5.75 Å². The normalized spacial score (nSPS) is 12.5. The van der Waals surface area contributed by atoms with E-state index in [2.05, 4.69) is 6.58 Å². The largest absolute Gasteiger partial charge is 0.492 e. The highest BCUT2D eigenvalue weighted by Gasteiger charge is 2.09. The molecule has 0 aliphatic rings. The van der Waals surface area contributed by atoms with E-state index >= 15 is 0 Å². The zero-order valence-corrected chi connectivity index (χ0v) is 8.97. The van der Waals surface area contributed by atoms with Crippen LogP contribution in [-0.2, 0) is 0 Å². The molecule has 3 nitrogen and oxygen atoms in total. The predicted octanol–water partition coefficient (Wildman–Crippen LogP) is 2.33. The summed E-state index contributed by atoms with van der Waals surface area (Å²) in [6.07, 6.45) is 1.65. The highest BCUT2D eigenvalue weighted by atomic mass is 16.5. The van der Waals surface area contributed by atoms with Crippen molar-refractivity contribution in [3.8, 4) is 5.75 Å². The van der Waals surface area contributed by atoms with Crippen molar-refractivity contribution in [3.63, 3.8) is 0 Å². The summed E-state index contributed by atoms with van der Waals surface area (Å²) in [5.74, 6) is 0.816. The first kappa shape index (κ1) is 11.8. The number of hydroxylamine groups is 2. The van der Waals surface area contributed by atoms with Crippen molar-refractivity contribution < 1.29 is 9.94 Å². The van der Waals surface area contributed by atoms with Crippen molar-refractivity contribution in [3.05, 3.63) is 43.0 Å². The number of hydrogen-bond acceptors (Lipinski definition) is 3. The average Bonchev–Trinajstić information content (AvgIpc) is 2.27. The highest BCUT2D eigenvalue weighted by molar-refractivity contribution is 5.20. The van der Waals surface area contributed by atoms with E-state index < -0.39 is 0 Å². The molecule has 0 spiro atoms. The molecule has 0 aromatic heterocycles. The molecule has 0 fully saturated rings. The summed E-state index contributed by atoms with van der Waals surface area (Å²) in [6.45, 7) is 6.35. The van der Waals surface area contributed by atoms with Gasteiger partial charge in [0.1, 0.15) is 12.4 Å². The molecule has 0 heterocycles. The molecule has 0 aliphatic carbocycles. The first-order valence-corrected chi connectivity index (χ1v) is 4.98. The van der Waals surface area contributed by atoms with Crippen LogP contribution < -0.4 is 4.74 Å². The summed E-state index contributed by atoms with van der Waals surface area (Å²) in [6, 6.07) is 9.50. The maximum absolute atomic E-state index is 9.48. The zero-order valence-electron chi connectivity index (χ0n) is 8.97. The number of hydrogen-bond donors (Lipinski definition) is 1. The highest BCUT2D eigenvalue weighted by Crippen LogP contribution is 2.09. The van der Waals surface area contributed by atoms with Crippen molar-refractivity contribution in [1.29, 1.82) is 0 Å². The zero-order chi connectivity index (χ0) is 11.1. The molecule has 0 bridgehead atoms. The average molecular weight is 207 g/mol. The van der Waals surface area contributed by atoms with E-state index in [4.69, 9.17) is 4.74 Å². The quantitative estimate of drug-likeness (QED) is 0.574. The molecule has 0 aliphatic heterocycles. The Hall–Kier alpha value is -1.32. The summed E-state index contributed by atoms with van der Waals surface area (Å²) in [4.78, 5) is 0. The van der Waals surface area contributed by atoms with Crippen LogP contribution in [-0.4, -0.2) is 29.5 Å². The Morgan fingerprint density at radius 1 is 1.47 bits per heavy atom. The third-order valence-corrected chi connectivity index (χ3v) is 2.06. The molecule has 1 aromatic carbocycles. The molecule has 0 amide bonds. The molecule has 1 unspecified atom stereocenters. The van der Waals surface area contributed by atoms with Crippen molar-refractivity contribution >= 4 is 0 Å². The Bertz CT molecular complexity index is 287. The molecule has 82 valence electrons. The summed E-state index contributed by atoms with van der Waals surface area (Å²) < 4.78 is 5.50. The lowest BCUT2D eigenvalue weighted by Crippen LogP contribution is -2.34. The Balaban J connectivity index is 2.34. The second-order valence-electron chi connectivity index (χ2n) is 3.38. The van der Waals surface area contributed by atoms with Gasteiger partial charge in [0.15, 0.2) is 0 Å². The van der Waals surface area contributed by atoms with Gasteiger partial charge in [-0.25, -0.2) is 0 Å². The van der Waals surface area contributed by atoms with Gasteiger partial charge in [-0.1, -0.05) is 24.3 Å². The minimum Gasteiger partial charge on any atom is -0.492 e. The van der Waals surface area contributed by atoms with Crippen LogP contribution in [0.2, 0.25) is 0 Å². The van der Waals surface area contributed by atoms with E-state index in [1.807, 2.05) is 37.3 Å². The van der Waals surface area contributed by atoms with Crippen LogP contribution in [0, 0.1) is 0 Å². The fourth-order valence-corrected chi connectivity index (χ4v) is 1.13. The van der Waals surface area contributed by atoms with Gasteiger partial charge >= 0.3 is 0 Å². The first-order valence-electron chi connectivity index (χ1n) is 4.98. The van der Waals surface area contributed by atoms with Crippen LogP contribution in [0.15, 0.2) is 43.0 Å². The molecule has 1 aromatic rings. The standard InChI is InChI=1S/C12H17NO2/c1-3-9-13(14)11(2)10-15-12-7-5-4-6-8-12/h3-8,11,14H,1,9-10H2,2H3. The van der Waals surface area contributed by atoms with Gasteiger partial charge in [0.2, 0.25) is 0 Å². The Morgan fingerprint density at radius 2 is 2.13 bits per heavy atom. The van der Waals surface area contributed by atoms with E-state index in [-0.39, 0.29) is 6.04 Å². The summed E-state index contributed by atoms with van der Waals surface area (Å²) >= 11 is 0. The van der Waals surface area contributed by atoms with Gasteiger partial charge in [-0.05, 0) is 19.1 Å². The predicted molar refractivity (Wildman–Crippen MR) is 60.1 cm³/mol. The molecule has 0 radical (unpaired) electrons. The lowest BCUT2D eigenvalue weighted by atomic mass is 10.3. The molecule has 1 atom stereocenters. The Labute approximate surface area is 90.6 Å². The van der Waals surface area contributed by atoms with Gasteiger partial charge < -0.3 is 9.94 Å². The monoisotopic (exact) mass is 207 g/mol. The van der Waals surface area contributed by atoms with Crippen LogP contribution in [0.3, 0.4) is 0 Å². The molecular formula is C12H17NO2. The summed E-state index contributed by atoms with van der Waals surface area (Å²) in [5, 5.41) is 10.7. The van der Waals surface area contributed by atoms with Gasteiger partial charge in [-0.3, -0.25) is 0 Å². The summed E-state index contributed by atoms with van der Waals surface area (Å²) in [5.41, 5.74) is 0. The van der Waals surface area contributed by atoms with Crippen molar-refractivity contribution in [2.24, 2.45) is 0 Å². The molecule has 0 saturated carbocycles. The second-order valence-corrected chi connectivity index (χ2v) is 3.38. The number of nitrogens with zero attached hydrogens (tertiary/aromatic N) is 1. The molecule has 3 heteroatoms. The van der Waals surface area contributed by atoms with Gasteiger partial charge in [0.25, 0.3) is 0 Å². The van der Waals surface area contributed by atoms with Crippen LogP contribution >= 0.6 is 0 Å². The Kier molecular flexibility index (Phi) is 4.87. The van der Waals surface area contributed by atoms with E-state index in [0.29, 0.717) is 13.2 Å². The van der Waals surface area contributed by atoms with Crippen LogP contribution in [0.25, 0.3) is 0 Å². The van der Waals surface area contributed by atoms with E-state index in [1.54, 1.807) is 6.08 Å². The maximum atomic E-state index is 9.48. The van der Waals surface area contributed by atoms with Gasteiger partial charge in [-0.15, -0.1) is 6.58 Å². The number of rotatable bonds is 6. The minimum absolute atomic E-state index is 0.0526. The third-order valence-electron chi connectivity index (χ3n) is 2.06. The van der Waals surface area contributed by atoms with Crippen LogP contribution in [0.1, 0.15) is 6.92 Å². The molecule has 0 saturated heterocycles. The minimum atomic E-state index is -0.0526. The van der Waals surface area contributed by atoms with Crippen LogP contribution in [0.5, 0.6) is 5.75 Å². The topological polar surface area (TPSA) is 32.7 Å². The Morgan fingerprint density at radius 3 is 2.73 bits per heavy atom. The third kappa shape index (κ3) is 4.14. The van der Waals surface area contributed by atoms with Crippen LogP contribution in [0.4, 0.5) is 0 Å². The molecule has 1 N–H and O–H groups in total. The number of ether oxygens (including phenoxy) is 1. The molecule has 15 heavy (non-hydrogen) atoms. The molecule has 1 rings (SSSR count). The van der Waals surface area contributed by atoms with E-state index in [9.17, 15) is 5.21 Å². The van der Waals surface area contributed by atoms with Crippen molar-refractivity contribution in [1.82, 2.24) is 5.06 Å². The number of para-hydroxylation sites is 1. The lowest BCUT2D eigenvalue weighted by Gasteiger charge is -2.21. The smallest absolute Gasteiger partial charge is 0.119 e. The molecular weight excluding hydrogens is 190 g/mol. The lowest BCUT2D eigenvalue weighted by molar-refractivity contribution is -0.120. The second kappa shape index (κ2) is 6.22. The summed E-state index contributed by atoms with van der Waals surface area (Å²) in [7, 11) is 0. The first-order chi connectivity index (χ1) is 7.24. The van der Waals surface area contributed by atoms with Gasteiger partial charge in [0, 0.05) is 6.54 Å². The SMILES string of the molecule is C=CCN(O)C(C)COc1ccccc1. The number of benzene rings is 1.